The average molecular weight is 367 g/mol. The molecule has 0 bridgehead atoms. The lowest BCUT2D eigenvalue weighted by molar-refractivity contribution is 0.0724. The SMILES string of the molecule is CCOc1ncccc1C(=O)N1CCc2onc(-c3ccccc3F)c2C1. The van der Waals surface area contributed by atoms with Gasteiger partial charge in [0.2, 0.25) is 5.88 Å². The van der Waals surface area contributed by atoms with Crippen LogP contribution in [-0.4, -0.2) is 34.1 Å². The second kappa shape index (κ2) is 7.19. The van der Waals surface area contributed by atoms with Crippen LogP contribution in [0.4, 0.5) is 4.39 Å². The fourth-order valence-electron chi connectivity index (χ4n) is 3.22. The molecule has 1 aliphatic rings. The van der Waals surface area contributed by atoms with E-state index < -0.39 is 0 Å². The van der Waals surface area contributed by atoms with Crippen molar-refractivity contribution in [3.8, 4) is 17.1 Å². The van der Waals surface area contributed by atoms with Crippen LogP contribution in [0.5, 0.6) is 5.88 Å². The number of nitrogens with zero attached hydrogens (tertiary/aromatic N) is 3. The third kappa shape index (κ3) is 3.16. The van der Waals surface area contributed by atoms with Gasteiger partial charge in [-0.05, 0) is 31.2 Å². The molecule has 7 heteroatoms. The Hall–Kier alpha value is -3.22. The van der Waals surface area contributed by atoms with E-state index in [0.29, 0.717) is 54.6 Å². The number of amides is 1. The van der Waals surface area contributed by atoms with Crippen LogP contribution in [0.15, 0.2) is 47.1 Å². The van der Waals surface area contributed by atoms with Crippen molar-refractivity contribution in [2.75, 3.05) is 13.2 Å². The van der Waals surface area contributed by atoms with Crippen LogP contribution >= 0.6 is 0 Å². The molecule has 0 unspecified atom stereocenters. The molecule has 27 heavy (non-hydrogen) atoms. The minimum atomic E-state index is -0.372. The maximum atomic E-state index is 14.2. The van der Waals surface area contributed by atoms with Crippen molar-refractivity contribution < 1.29 is 18.4 Å². The number of fused-ring (bicyclic) bond motifs is 1. The van der Waals surface area contributed by atoms with Crippen LogP contribution < -0.4 is 4.74 Å². The Kier molecular flexibility index (Phi) is 4.58. The number of carbonyl (C=O) groups is 1. The fourth-order valence-corrected chi connectivity index (χ4v) is 3.22. The second-order valence-corrected chi connectivity index (χ2v) is 6.18. The summed E-state index contributed by atoms with van der Waals surface area (Å²) in [6, 6.07) is 9.80. The van der Waals surface area contributed by atoms with Crippen LogP contribution in [0.1, 0.15) is 28.6 Å². The summed E-state index contributed by atoms with van der Waals surface area (Å²) in [6.45, 7) is 3.04. The van der Waals surface area contributed by atoms with Gasteiger partial charge in [-0.15, -0.1) is 0 Å². The Morgan fingerprint density at radius 1 is 1.30 bits per heavy atom. The topological polar surface area (TPSA) is 68.5 Å². The molecule has 2 aromatic heterocycles. The standard InChI is InChI=1S/C20H18FN3O3/c1-2-26-19-14(7-5-10-22-19)20(25)24-11-9-17-15(12-24)18(23-27-17)13-6-3-4-8-16(13)21/h3-8,10H,2,9,11-12H2,1H3. The Bertz CT molecular complexity index is 986. The monoisotopic (exact) mass is 367 g/mol. The average Bonchev–Trinajstić information content (AvgIpc) is 3.11. The van der Waals surface area contributed by atoms with Gasteiger partial charge in [0.25, 0.3) is 5.91 Å². The number of aromatic nitrogens is 2. The largest absolute Gasteiger partial charge is 0.477 e. The highest BCUT2D eigenvalue weighted by Crippen LogP contribution is 2.32. The van der Waals surface area contributed by atoms with Crippen LogP contribution in [0.2, 0.25) is 0 Å². The molecule has 0 saturated carbocycles. The summed E-state index contributed by atoms with van der Waals surface area (Å²) in [6.07, 6.45) is 2.11. The van der Waals surface area contributed by atoms with E-state index in [2.05, 4.69) is 10.1 Å². The smallest absolute Gasteiger partial charge is 0.259 e. The molecule has 4 rings (SSSR count). The molecule has 0 spiro atoms. The molecule has 1 aromatic carbocycles. The number of pyridine rings is 1. The normalized spacial score (nSPS) is 13.3. The first kappa shape index (κ1) is 17.2. The second-order valence-electron chi connectivity index (χ2n) is 6.18. The zero-order valence-electron chi connectivity index (χ0n) is 14.8. The van der Waals surface area contributed by atoms with E-state index in [9.17, 15) is 9.18 Å². The van der Waals surface area contributed by atoms with Crippen molar-refractivity contribution in [2.24, 2.45) is 0 Å². The Morgan fingerprint density at radius 3 is 2.96 bits per heavy atom. The summed E-state index contributed by atoms with van der Waals surface area (Å²) in [5.41, 5.74) is 1.96. The van der Waals surface area contributed by atoms with Gasteiger partial charge in [-0.1, -0.05) is 17.3 Å². The predicted octanol–water partition coefficient (Wildman–Crippen LogP) is 3.47. The molecule has 0 N–H and O–H groups in total. The minimum absolute atomic E-state index is 0.183. The third-order valence-electron chi connectivity index (χ3n) is 4.53. The van der Waals surface area contributed by atoms with Crippen LogP contribution in [0.3, 0.4) is 0 Å². The summed E-state index contributed by atoms with van der Waals surface area (Å²) < 4.78 is 25.1. The molecule has 0 fully saturated rings. The molecule has 3 aromatic rings. The maximum Gasteiger partial charge on any atom is 0.259 e. The van der Waals surface area contributed by atoms with E-state index >= 15 is 0 Å². The lowest BCUT2D eigenvalue weighted by Crippen LogP contribution is -2.36. The van der Waals surface area contributed by atoms with Gasteiger partial charge >= 0.3 is 0 Å². The molecule has 3 heterocycles. The highest BCUT2D eigenvalue weighted by molar-refractivity contribution is 5.96. The molecular weight excluding hydrogens is 349 g/mol. The highest BCUT2D eigenvalue weighted by atomic mass is 19.1. The van der Waals surface area contributed by atoms with Crippen molar-refractivity contribution >= 4 is 5.91 Å². The van der Waals surface area contributed by atoms with E-state index in [-0.39, 0.29) is 11.7 Å². The fraction of sp³-hybridized carbons (Fsp3) is 0.250. The van der Waals surface area contributed by atoms with E-state index in [1.807, 2.05) is 6.92 Å². The van der Waals surface area contributed by atoms with Gasteiger partial charge in [0.15, 0.2) is 0 Å². The summed E-state index contributed by atoms with van der Waals surface area (Å²) in [5, 5.41) is 4.05. The molecule has 0 radical (unpaired) electrons. The van der Waals surface area contributed by atoms with Crippen LogP contribution in [-0.2, 0) is 13.0 Å². The van der Waals surface area contributed by atoms with Gasteiger partial charge < -0.3 is 14.2 Å². The molecule has 1 amide bonds. The molecular formula is C20H18FN3O3. The van der Waals surface area contributed by atoms with Crippen molar-refractivity contribution in [3.05, 3.63) is 65.3 Å². The highest BCUT2D eigenvalue weighted by Gasteiger charge is 2.30. The molecule has 138 valence electrons. The van der Waals surface area contributed by atoms with E-state index in [4.69, 9.17) is 9.26 Å². The number of hydrogen-bond donors (Lipinski definition) is 0. The molecule has 0 aliphatic carbocycles. The predicted molar refractivity (Wildman–Crippen MR) is 95.7 cm³/mol. The lowest BCUT2D eigenvalue weighted by Gasteiger charge is -2.26. The quantitative estimate of drug-likeness (QED) is 0.706. The van der Waals surface area contributed by atoms with Crippen molar-refractivity contribution in [1.29, 1.82) is 0 Å². The van der Waals surface area contributed by atoms with Crippen LogP contribution in [0, 0.1) is 5.82 Å². The van der Waals surface area contributed by atoms with E-state index in [1.165, 1.54) is 6.07 Å². The van der Waals surface area contributed by atoms with E-state index in [1.54, 1.807) is 41.4 Å². The number of rotatable bonds is 4. The Labute approximate surface area is 155 Å². The first-order valence-corrected chi connectivity index (χ1v) is 8.78. The van der Waals surface area contributed by atoms with Gasteiger partial charge in [0.1, 0.15) is 22.8 Å². The summed E-state index contributed by atoms with van der Waals surface area (Å²) in [4.78, 5) is 18.9. The van der Waals surface area contributed by atoms with Crippen LogP contribution in [0.25, 0.3) is 11.3 Å². The lowest BCUT2D eigenvalue weighted by atomic mass is 10.0. The van der Waals surface area contributed by atoms with Gasteiger partial charge in [0, 0.05) is 30.3 Å². The zero-order chi connectivity index (χ0) is 18.8. The number of halogens is 1. The number of ether oxygens (including phenoxy) is 1. The number of carbonyl (C=O) groups excluding carboxylic acids is 1. The summed E-state index contributed by atoms with van der Waals surface area (Å²) >= 11 is 0. The molecule has 0 saturated heterocycles. The van der Waals surface area contributed by atoms with Crippen molar-refractivity contribution in [3.63, 3.8) is 0 Å². The number of benzene rings is 1. The zero-order valence-corrected chi connectivity index (χ0v) is 14.8. The molecule has 1 aliphatic heterocycles. The van der Waals surface area contributed by atoms with Crippen molar-refractivity contribution in [1.82, 2.24) is 15.0 Å². The van der Waals surface area contributed by atoms with E-state index in [0.717, 1.165) is 5.56 Å². The number of hydrogen-bond acceptors (Lipinski definition) is 5. The molecule has 6 nitrogen and oxygen atoms in total. The third-order valence-corrected chi connectivity index (χ3v) is 4.53. The molecule has 0 atom stereocenters. The van der Waals surface area contributed by atoms with Gasteiger partial charge in [-0.3, -0.25) is 4.79 Å². The van der Waals surface area contributed by atoms with Gasteiger partial charge in [0.05, 0.1) is 13.2 Å². The van der Waals surface area contributed by atoms with Gasteiger partial charge in [-0.2, -0.15) is 0 Å². The van der Waals surface area contributed by atoms with Gasteiger partial charge in [-0.25, -0.2) is 9.37 Å². The maximum absolute atomic E-state index is 14.2. The Balaban J connectivity index is 1.65. The van der Waals surface area contributed by atoms with Crippen molar-refractivity contribution in [2.45, 2.75) is 19.9 Å². The Morgan fingerprint density at radius 2 is 2.15 bits per heavy atom. The minimum Gasteiger partial charge on any atom is -0.477 e. The first-order chi connectivity index (χ1) is 13.2. The summed E-state index contributed by atoms with van der Waals surface area (Å²) in [7, 11) is 0. The summed E-state index contributed by atoms with van der Waals surface area (Å²) in [5.74, 6) is 0.449. The first-order valence-electron chi connectivity index (χ1n) is 8.78.